The van der Waals surface area contributed by atoms with Crippen LogP contribution in [0.25, 0.3) is 0 Å². The van der Waals surface area contributed by atoms with Gasteiger partial charge in [-0.05, 0) is 36.4 Å². The maximum absolute atomic E-state index is 12.0. The van der Waals surface area contributed by atoms with E-state index >= 15 is 0 Å². The predicted molar refractivity (Wildman–Crippen MR) is 82.0 cm³/mol. The first kappa shape index (κ1) is 18.4. The first-order chi connectivity index (χ1) is 10.3. The third kappa shape index (κ3) is 6.41. The summed E-state index contributed by atoms with van der Waals surface area (Å²) in [7, 11) is 0. The van der Waals surface area contributed by atoms with Gasteiger partial charge < -0.3 is 10.1 Å². The molecule has 120 valence electrons. The first-order valence-corrected chi connectivity index (χ1v) is 7.03. The maximum Gasteiger partial charge on any atom is 0.573 e. The molecule has 0 aliphatic carbocycles. The highest BCUT2D eigenvalue weighted by Gasteiger charge is 2.30. The third-order valence-corrected chi connectivity index (χ3v) is 2.53. The van der Waals surface area contributed by atoms with Crippen molar-refractivity contribution in [1.29, 1.82) is 0 Å². The summed E-state index contributed by atoms with van der Waals surface area (Å²) in [6, 6.07) is 8.33. The summed E-state index contributed by atoms with van der Waals surface area (Å²) >= 11 is 11.5. The van der Waals surface area contributed by atoms with Gasteiger partial charge in [-0.3, -0.25) is 0 Å². The molecule has 2 aromatic rings. The Morgan fingerprint density at radius 1 is 0.955 bits per heavy atom. The van der Waals surface area contributed by atoms with Crippen LogP contribution >= 0.6 is 23.2 Å². The van der Waals surface area contributed by atoms with E-state index in [1.807, 2.05) is 13.8 Å². The van der Waals surface area contributed by atoms with Gasteiger partial charge in [-0.25, -0.2) is 4.98 Å². The summed E-state index contributed by atoms with van der Waals surface area (Å²) in [6.07, 6.45) is -4.71. The molecule has 2 rings (SSSR count). The Kier molecular flexibility index (Phi) is 6.77. The van der Waals surface area contributed by atoms with Gasteiger partial charge in [0.2, 0.25) is 0 Å². The lowest BCUT2D eigenvalue weighted by atomic mass is 10.3. The number of nitrogens with one attached hydrogen (secondary N) is 1. The molecular formula is C14H13Cl2F3N2O. The Labute approximate surface area is 136 Å². The van der Waals surface area contributed by atoms with Crippen LogP contribution in [0.4, 0.5) is 24.5 Å². The average Bonchev–Trinajstić information content (AvgIpc) is 2.40. The smallest absolute Gasteiger partial charge is 0.406 e. The van der Waals surface area contributed by atoms with Crippen LogP contribution in [0, 0.1) is 0 Å². The fraction of sp³-hybridized carbons (Fsp3) is 0.214. The Hall–Kier alpha value is -1.66. The van der Waals surface area contributed by atoms with Crippen molar-refractivity contribution < 1.29 is 17.9 Å². The Morgan fingerprint density at radius 2 is 1.45 bits per heavy atom. The molecule has 0 bridgehead atoms. The van der Waals surface area contributed by atoms with Crippen molar-refractivity contribution in [3.63, 3.8) is 0 Å². The number of ether oxygens (including phenoxy) is 1. The Morgan fingerprint density at radius 3 is 1.91 bits per heavy atom. The first-order valence-electron chi connectivity index (χ1n) is 6.28. The molecule has 0 radical (unpaired) electrons. The van der Waals surface area contributed by atoms with Gasteiger partial charge in [0.25, 0.3) is 0 Å². The molecule has 1 N–H and O–H groups in total. The second kappa shape index (κ2) is 8.10. The number of hydrogen-bond acceptors (Lipinski definition) is 3. The number of alkyl halides is 3. The molecule has 1 aromatic heterocycles. The highest BCUT2D eigenvalue weighted by atomic mass is 35.5. The number of rotatable bonds is 3. The molecule has 0 fully saturated rings. The molecule has 0 amide bonds. The lowest BCUT2D eigenvalue weighted by Crippen LogP contribution is -2.16. The van der Waals surface area contributed by atoms with Gasteiger partial charge in [-0.15, -0.1) is 13.2 Å². The minimum atomic E-state index is -4.71. The van der Waals surface area contributed by atoms with E-state index in [-0.39, 0.29) is 16.1 Å². The van der Waals surface area contributed by atoms with Crippen LogP contribution in [-0.2, 0) is 0 Å². The molecule has 0 atom stereocenters. The van der Waals surface area contributed by atoms with Crippen LogP contribution in [-0.4, -0.2) is 11.3 Å². The van der Waals surface area contributed by atoms with Crippen LogP contribution in [0.15, 0.2) is 36.4 Å². The van der Waals surface area contributed by atoms with Crippen molar-refractivity contribution in [2.45, 2.75) is 20.2 Å². The van der Waals surface area contributed by atoms with Crippen molar-refractivity contribution >= 4 is 34.6 Å². The van der Waals surface area contributed by atoms with Crippen molar-refractivity contribution in [3.8, 4) is 5.75 Å². The molecule has 0 aliphatic rings. The molecule has 0 saturated carbocycles. The van der Waals surface area contributed by atoms with E-state index in [0.29, 0.717) is 11.4 Å². The van der Waals surface area contributed by atoms with Crippen molar-refractivity contribution in [2.24, 2.45) is 0 Å². The molecule has 0 spiro atoms. The minimum Gasteiger partial charge on any atom is -0.406 e. The topological polar surface area (TPSA) is 34.1 Å². The van der Waals surface area contributed by atoms with E-state index in [1.165, 1.54) is 36.4 Å². The number of hydrogen-bond donors (Lipinski definition) is 1. The van der Waals surface area contributed by atoms with Crippen LogP contribution < -0.4 is 10.1 Å². The molecule has 1 aromatic carbocycles. The minimum absolute atomic E-state index is 0.206. The fourth-order valence-corrected chi connectivity index (χ4v) is 1.90. The van der Waals surface area contributed by atoms with Gasteiger partial charge in [0.1, 0.15) is 16.1 Å². The molecule has 0 aliphatic heterocycles. The van der Waals surface area contributed by atoms with E-state index in [0.717, 1.165) is 0 Å². The predicted octanol–water partition coefficient (Wildman–Crippen LogP) is 6.06. The number of halogens is 5. The zero-order valence-electron chi connectivity index (χ0n) is 11.7. The monoisotopic (exact) mass is 352 g/mol. The Bertz CT molecular complexity index is 584. The maximum atomic E-state index is 12.0. The van der Waals surface area contributed by atoms with Gasteiger partial charge in [-0.2, -0.15) is 0 Å². The van der Waals surface area contributed by atoms with E-state index in [4.69, 9.17) is 23.2 Å². The number of anilines is 2. The number of pyridine rings is 1. The molecule has 0 unspecified atom stereocenters. The zero-order chi connectivity index (χ0) is 16.8. The SMILES string of the molecule is CC.FC(F)(F)Oc1ccc(Nc2cc(Cl)nc(Cl)c2)cc1. The molecule has 22 heavy (non-hydrogen) atoms. The lowest BCUT2D eigenvalue weighted by Gasteiger charge is -2.10. The quantitative estimate of drug-likeness (QED) is 0.682. The summed E-state index contributed by atoms with van der Waals surface area (Å²) in [5.41, 5.74) is 1.12. The van der Waals surface area contributed by atoms with Gasteiger partial charge in [0.05, 0.1) is 0 Å². The van der Waals surface area contributed by atoms with Gasteiger partial charge >= 0.3 is 6.36 Å². The summed E-state index contributed by atoms with van der Waals surface area (Å²) in [4.78, 5) is 3.78. The van der Waals surface area contributed by atoms with Crippen LogP contribution in [0.1, 0.15) is 13.8 Å². The summed E-state index contributed by atoms with van der Waals surface area (Å²) < 4.78 is 39.8. The van der Waals surface area contributed by atoms with E-state index in [2.05, 4.69) is 15.0 Å². The normalized spacial score (nSPS) is 10.5. The molecule has 3 nitrogen and oxygen atoms in total. The molecule has 1 heterocycles. The van der Waals surface area contributed by atoms with Gasteiger partial charge in [-0.1, -0.05) is 37.0 Å². The third-order valence-electron chi connectivity index (χ3n) is 2.14. The van der Waals surface area contributed by atoms with Crippen LogP contribution in [0.2, 0.25) is 10.3 Å². The number of benzene rings is 1. The van der Waals surface area contributed by atoms with Crippen molar-refractivity contribution in [3.05, 3.63) is 46.7 Å². The lowest BCUT2D eigenvalue weighted by molar-refractivity contribution is -0.274. The van der Waals surface area contributed by atoms with Crippen molar-refractivity contribution in [1.82, 2.24) is 4.98 Å². The van der Waals surface area contributed by atoms with Crippen molar-refractivity contribution in [2.75, 3.05) is 5.32 Å². The standard InChI is InChI=1S/C12H7Cl2F3N2O.C2H6/c13-10-5-8(6-11(14)19-10)18-7-1-3-9(4-2-7)20-12(15,16)17;1-2/h1-6H,(H,18,19);1-2H3. The van der Waals surface area contributed by atoms with Crippen LogP contribution in [0.5, 0.6) is 5.75 Å². The van der Waals surface area contributed by atoms with Gasteiger partial charge in [0, 0.05) is 11.4 Å². The second-order valence-corrected chi connectivity index (χ2v) is 4.47. The summed E-state index contributed by atoms with van der Waals surface area (Å²) in [6.45, 7) is 4.00. The average molecular weight is 353 g/mol. The molecular weight excluding hydrogens is 340 g/mol. The highest BCUT2D eigenvalue weighted by molar-refractivity contribution is 6.32. The number of nitrogens with zero attached hydrogens (tertiary/aromatic N) is 1. The largest absolute Gasteiger partial charge is 0.573 e. The second-order valence-electron chi connectivity index (χ2n) is 3.70. The van der Waals surface area contributed by atoms with Crippen LogP contribution in [0.3, 0.4) is 0 Å². The number of aromatic nitrogens is 1. The molecule has 0 saturated heterocycles. The Balaban J connectivity index is 0.00000116. The van der Waals surface area contributed by atoms with Gasteiger partial charge in [0.15, 0.2) is 0 Å². The fourth-order valence-electron chi connectivity index (χ4n) is 1.44. The zero-order valence-corrected chi connectivity index (χ0v) is 13.2. The van der Waals surface area contributed by atoms with E-state index < -0.39 is 6.36 Å². The summed E-state index contributed by atoms with van der Waals surface area (Å²) in [5, 5.41) is 3.34. The highest BCUT2D eigenvalue weighted by Crippen LogP contribution is 2.26. The van der Waals surface area contributed by atoms with E-state index in [9.17, 15) is 13.2 Å². The molecule has 8 heteroatoms. The van der Waals surface area contributed by atoms with E-state index in [1.54, 1.807) is 0 Å². The summed E-state index contributed by atoms with van der Waals surface area (Å²) in [5.74, 6) is -0.297.